The Bertz CT molecular complexity index is 296. The van der Waals surface area contributed by atoms with Gasteiger partial charge in [0.1, 0.15) is 0 Å². The summed E-state index contributed by atoms with van der Waals surface area (Å²) in [4.78, 5) is 2.32. The van der Waals surface area contributed by atoms with Crippen molar-refractivity contribution in [3.8, 4) is 0 Å². The highest BCUT2D eigenvalue weighted by Crippen LogP contribution is 2.24. The number of nitrogens with zero attached hydrogens (tertiary/aromatic N) is 1. The zero-order valence-corrected chi connectivity index (χ0v) is 8.25. The first kappa shape index (κ1) is 8.57. The molecule has 0 aromatic heterocycles. The van der Waals surface area contributed by atoms with Gasteiger partial charge in [-0.25, -0.2) is 0 Å². The first-order valence-electron chi connectivity index (χ1n) is 4.77. The first-order valence-corrected chi connectivity index (χ1v) is 4.77. The molecule has 0 saturated carbocycles. The molecule has 0 radical (unpaired) electrons. The van der Waals surface area contributed by atoms with E-state index in [4.69, 9.17) is 0 Å². The van der Waals surface area contributed by atoms with Crippen molar-refractivity contribution in [1.82, 2.24) is 5.32 Å². The Balaban J connectivity index is 2.31. The Morgan fingerprint density at radius 1 is 1.38 bits per heavy atom. The molecular formula is C11H16N2. The third-order valence-corrected chi connectivity index (χ3v) is 2.77. The zero-order chi connectivity index (χ0) is 9.26. The summed E-state index contributed by atoms with van der Waals surface area (Å²) in [5, 5.41) is 3.33. The van der Waals surface area contributed by atoms with Gasteiger partial charge in [-0.05, 0) is 25.1 Å². The first-order chi connectivity index (χ1) is 6.31. The van der Waals surface area contributed by atoms with Gasteiger partial charge in [-0.15, -0.1) is 0 Å². The number of nitrogens with one attached hydrogen (secondary N) is 1. The number of hydrogen-bond acceptors (Lipinski definition) is 2. The second kappa shape index (κ2) is 3.38. The van der Waals surface area contributed by atoms with Crippen LogP contribution in [0.15, 0.2) is 24.3 Å². The van der Waals surface area contributed by atoms with Crippen LogP contribution >= 0.6 is 0 Å². The van der Waals surface area contributed by atoms with Crippen LogP contribution in [0.4, 0.5) is 5.69 Å². The van der Waals surface area contributed by atoms with E-state index in [2.05, 4.69) is 41.5 Å². The van der Waals surface area contributed by atoms with Crippen molar-refractivity contribution in [1.29, 1.82) is 0 Å². The number of fused-ring (bicyclic) bond motifs is 1. The molecular weight excluding hydrogens is 160 g/mol. The largest absolute Gasteiger partial charge is 0.373 e. The predicted molar refractivity (Wildman–Crippen MR) is 56.3 cm³/mol. The topological polar surface area (TPSA) is 15.3 Å². The van der Waals surface area contributed by atoms with E-state index >= 15 is 0 Å². The van der Waals surface area contributed by atoms with Crippen LogP contribution in [0, 0.1) is 0 Å². The number of likely N-dealkylation sites (N-methyl/N-ethyl adjacent to an activating group) is 2. The molecule has 1 aliphatic heterocycles. The highest BCUT2D eigenvalue weighted by Gasteiger charge is 2.19. The molecule has 0 amide bonds. The SMILES string of the molecule is CNC1Cc2ccccc2N(C)C1. The summed E-state index contributed by atoms with van der Waals surface area (Å²) in [7, 11) is 4.19. The summed E-state index contributed by atoms with van der Waals surface area (Å²) in [6.07, 6.45) is 1.15. The maximum Gasteiger partial charge on any atom is 0.0397 e. The highest BCUT2D eigenvalue weighted by atomic mass is 15.1. The van der Waals surface area contributed by atoms with Gasteiger partial charge in [-0.3, -0.25) is 0 Å². The van der Waals surface area contributed by atoms with Gasteiger partial charge in [0.25, 0.3) is 0 Å². The molecule has 1 aliphatic rings. The third kappa shape index (κ3) is 1.54. The highest BCUT2D eigenvalue weighted by molar-refractivity contribution is 5.55. The lowest BCUT2D eigenvalue weighted by molar-refractivity contribution is 0.538. The molecule has 2 rings (SSSR count). The second-order valence-corrected chi connectivity index (χ2v) is 3.70. The van der Waals surface area contributed by atoms with E-state index in [1.165, 1.54) is 11.3 Å². The lowest BCUT2D eigenvalue weighted by atomic mass is 9.99. The fraction of sp³-hybridized carbons (Fsp3) is 0.455. The monoisotopic (exact) mass is 176 g/mol. The van der Waals surface area contributed by atoms with Crippen LogP contribution in [-0.2, 0) is 6.42 Å². The Kier molecular flexibility index (Phi) is 2.23. The van der Waals surface area contributed by atoms with Crippen molar-refractivity contribution in [3.05, 3.63) is 29.8 Å². The molecule has 1 aromatic carbocycles. The molecule has 2 nitrogen and oxygen atoms in total. The zero-order valence-electron chi connectivity index (χ0n) is 8.25. The van der Waals surface area contributed by atoms with Crippen molar-refractivity contribution < 1.29 is 0 Å². The van der Waals surface area contributed by atoms with Gasteiger partial charge in [-0.2, -0.15) is 0 Å². The second-order valence-electron chi connectivity index (χ2n) is 3.70. The maximum atomic E-state index is 3.33. The van der Waals surface area contributed by atoms with Crippen LogP contribution in [0.25, 0.3) is 0 Å². The molecule has 1 aromatic rings. The number of para-hydroxylation sites is 1. The number of benzene rings is 1. The number of hydrogen-bond donors (Lipinski definition) is 1. The minimum Gasteiger partial charge on any atom is -0.373 e. The van der Waals surface area contributed by atoms with E-state index < -0.39 is 0 Å². The molecule has 2 heteroatoms. The van der Waals surface area contributed by atoms with Crippen molar-refractivity contribution in [2.24, 2.45) is 0 Å². The molecule has 0 bridgehead atoms. The molecule has 0 aliphatic carbocycles. The van der Waals surface area contributed by atoms with Crippen LogP contribution in [0.1, 0.15) is 5.56 Å². The van der Waals surface area contributed by atoms with Gasteiger partial charge in [-0.1, -0.05) is 18.2 Å². The van der Waals surface area contributed by atoms with Gasteiger partial charge in [0, 0.05) is 25.3 Å². The van der Waals surface area contributed by atoms with E-state index in [1.807, 2.05) is 7.05 Å². The van der Waals surface area contributed by atoms with Crippen molar-refractivity contribution in [2.75, 3.05) is 25.5 Å². The van der Waals surface area contributed by atoms with Gasteiger partial charge in [0.05, 0.1) is 0 Å². The minimum absolute atomic E-state index is 0.597. The van der Waals surface area contributed by atoms with Gasteiger partial charge < -0.3 is 10.2 Å². The lowest BCUT2D eigenvalue weighted by Gasteiger charge is -2.33. The number of anilines is 1. The molecule has 1 unspecified atom stereocenters. The predicted octanol–water partition coefficient (Wildman–Crippen LogP) is 1.27. The average Bonchev–Trinajstić information content (AvgIpc) is 2.18. The summed E-state index contributed by atoms with van der Waals surface area (Å²) < 4.78 is 0. The molecule has 0 spiro atoms. The van der Waals surface area contributed by atoms with E-state index in [-0.39, 0.29) is 0 Å². The van der Waals surface area contributed by atoms with Crippen molar-refractivity contribution in [3.63, 3.8) is 0 Å². The van der Waals surface area contributed by atoms with Crippen LogP contribution in [0.2, 0.25) is 0 Å². The van der Waals surface area contributed by atoms with Gasteiger partial charge >= 0.3 is 0 Å². The molecule has 1 heterocycles. The Morgan fingerprint density at radius 2 is 2.15 bits per heavy atom. The van der Waals surface area contributed by atoms with E-state index in [0.29, 0.717) is 6.04 Å². The third-order valence-electron chi connectivity index (χ3n) is 2.77. The fourth-order valence-corrected chi connectivity index (χ4v) is 2.01. The van der Waals surface area contributed by atoms with Crippen LogP contribution < -0.4 is 10.2 Å². The Labute approximate surface area is 79.6 Å². The van der Waals surface area contributed by atoms with Crippen LogP contribution in [-0.4, -0.2) is 26.7 Å². The Morgan fingerprint density at radius 3 is 2.92 bits per heavy atom. The molecule has 0 saturated heterocycles. The standard InChI is InChI=1S/C11H16N2/c1-12-10-7-9-5-3-4-6-11(9)13(2)8-10/h3-6,10,12H,7-8H2,1-2H3. The smallest absolute Gasteiger partial charge is 0.0397 e. The summed E-state index contributed by atoms with van der Waals surface area (Å²) >= 11 is 0. The molecule has 70 valence electrons. The summed E-state index contributed by atoms with van der Waals surface area (Å²) in [5.74, 6) is 0. The van der Waals surface area contributed by atoms with Crippen LogP contribution in [0.5, 0.6) is 0 Å². The normalized spacial score (nSPS) is 21.4. The van der Waals surface area contributed by atoms with Crippen molar-refractivity contribution in [2.45, 2.75) is 12.5 Å². The van der Waals surface area contributed by atoms with Gasteiger partial charge in [0.2, 0.25) is 0 Å². The molecule has 1 N–H and O–H groups in total. The van der Waals surface area contributed by atoms with Crippen molar-refractivity contribution >= 4 is 5.69 Å². The summed E-state index contributed by atoms with van der Waals surface area (Å²) in [6.45, 7) is 1.10. The summed E-state index contributed by atoms with van der Waals surface area (Å²) in [6, 6.07) is 9.23. The molecule has 0 fully saturated rings. The molecule has 1 atom stereocenters. The minimum atomic E-state index is 0.597. The van der Waals surface area contributed by atoms with Gasteiger partial charge in [0.15, 0.2) is 0 Å². The lowest BCUT2D eigenvalue weighted by Crippen LogP contribution is -2.43. The fourth-order valence-electron chi connectivity index (χ4n) is 2.01. The van der Waals surface area contributed by atoms with E-state index in [1.54, 1.807) is 0 Å². The Hall–Kier alpha value is -1.02. The van der Waals surface area contributed by atoms with E-state index in [0.717, 1.165) is 13.0 Å². The number of rotatable bonds is 1. The van der Waals surface area contributed by atoms with Crippen LogP contribution in [0.3, 0.4) is 0 Å². The molecule has 13 heavy (non-hydrogen) atoms. The average molecular weight is 176 g/mol. The van der Waals surface area contributed by atoms with E-state index in [9.17, 15) is 0 Å². The quantitative estimate of drug-likeness (QED) is 0.693. The summed E-state index contributed by atoms with van der Waals surface area (Å²) in [5.41, 5.74) is 2.84. The maximum absolute atomic E-state index is 3.33.